The highest BCUT2D eigenvalue weighted by Crippen LogP contribution is 2.19. The zero-order valence-electron chi connectivity index (χ0n) is 11.1. The first-order valence-electron chi connectivity index (χ1n) is 6.16. The predicted molar refractivity (Wildman–Crippen MR) is 75.5 cm³/mol. The van der Waals surface area contributed by atoms with Gasteiger partial charge >= 0.3 is 0 Å². The SMILES string of the molecule is CCCNCc1cccnc1SCCN(C)C. The first-order valence-corrected chi connectivity index (χ1v) is 7.14. The van der Waals surface area contributed by atoms with Crippen LogP contribution in [0.25, 0.3) is 0 Å². The first kappa shape index (κ1) is 14.5. The van der Waals surface area contributed by atoms with E-state index in [0.717, 1.165) is 30.4 Å². The maximum Gasteiger partial charge on any atom is 0.100 e. The van der Waals surface area contributed by atoms with Crippen molar-refractivity contribution in [1.29, 1.82) is 0 Å². The molecule has 4 heteroatoms. The van der Waals surface area contributed by atoms with Crippen LogP contribution in [0.3, 0.4) is 0 Å². The van der Waals surface area contributed by atoms with Crippen molar-refractivity contribution in [3.05, 3.63) is 23.9 Å². The van der Waals surface area contributed by atoms with Crippen LogP contribution in [0.5, 0.6) is 0 Å². The number of pyridine rings is 1. The Bertz CT molecular complexity index is 315. The van der Waals surface area contributed by atoms with Gasteiger partial charge in [-0.25, -0.2) is 4.98 Å². The molecule has 1 aromatic rings. The fraction of sp³-hybridized carbons (Fsp3) is 0.615. The van der Waals surface area contributed by atoms with E-state index in [0.29, 0.717) is 0 Å². The number of nitrogens with zero attached hydrogens (tertiary/aromatic N) is 2. The van der Waals surface area contributed by atoms with Crippen molar-refractivity contribution in [3.63, 3.8) is 0 Å². The van der Waals surface area contributed by atoms with Gasteiger partial charge in [-0.05, 0) is 38.7 Å². The lowest BCUT2D eigenvalue weighted by Crippen LogP contribution is -2.16. The highest BCUT2D eigenvalue weighted by atomic mass is 32.2. The zero-order chi connectivity index (χ0) is 12.5. The summed E-state index contributed by atoms with van der Waals surface area (Å²) in [5, 5.41) is 4.59. The van der Waals surface area contributed by atoms with Gasteiger partial charge in [0.25, 0.3) is 0 Å². The average molecular weight is 253 g/mol. The minimum Gasteiger partial charge on any atom is -0.313 e. The third kappa shape index (κ3) is 6.05. The maximum atomic E-state index is 4.46. The topological polar surface area (TPSA) is 28.2 Å². The Labute approximate surface area is 109 Å². The van der Waals surface area contributed by atoms with Crippen molar-refractivity contribution in [1.82, 2.24) is 15.2 Å². The molecule has 0 aliphatic heterocycles. The molecule has 96 valence electrons. The van der Waals surface area contributed by atoms with Gasteiger partial charge in [0.2, 0.25) is 0 Å². The Kier molecular flexibility index (Phi) is 7.24. The molecule has 0 spiro atoms. The summed E-state index contributed by atoms with van der Waals surface area (Å²) < 4.78 is 0. The summed E-state index contributed by atoms with van der Waals surface area (Å²) in [6.07, 6.45) is 3.05. The monoisotopic (exact) mass is 253 g/mol. The van der Waals surface area contributed by atoms with Gasteiger partial charge in [-0.1, -0.05) is 13.0 Å². The van der Waals surface area contributed by atoms with Gasteiger partial charge in [-0.3, -0.25) is 0 Å². The van der Waals surface area contributed by atoms with Gasteiger partial charge in [0.05, 0.1) is 0 Å². The van der Waals surface area contributed by atoms with Gasteiger partial charge in [0.15, 0.2) is 0 Å². The Morgan fingerprint density at radius 2 is 2.24 bits per heavy atom. The Balaban J connectivity index is 2.46. The van der Waals surface area contributed by atoms with Crippen LogP contribution >= 0.6 is 11.8 Å². The summed E-state index contributed by atoms with van der Waals surface area (Å²) in [4.78, 5) is 6.66. The summed E-state index contributed by atoms with van der Waals surface area (Å²) in [5.41, 5.74) is 1.31. The Hall–Kier alpha value is -0.580. The van der Waals surface area contributed by atoms with E-state index in [-0.39, 0.29) is 0 Å². The van der Waals surface area contributed by atoms with Crippen LogP contribution in [0.4, 0.5) is 0 Å². The predicted octanol–water partition coefficient (Wildman–Crippen LogP) is 2.23. The zero-order valence-corrected chi connectivity index (χ0v) is 11.9. The molecule has 1 aromatic heterocycles. The van der Waals surface area contributed by atoms with E-state index >= 15 is 0 Å². The van der Waals surface area contributed by atoms with Gasteiger partial charge in [0.1, 0.15) is 5.03 Å². The summed E-state index contributed by atoms with van der Waals surface area (Å²) in [6.45, 7) is 5.26. The second-order valence-electron chi connectivity index (χ2n) is 4.30. The molecule has 0 aliphatic rings. The van der Waals surface area contributed by atoms with Crippen molar-refractivity contribution in [2.24, 2.45) is 0 Å². The van der Waals surface area contributed by atoms with Crippen LogP contribution in [0.2, 0.25) is 0 Å². The Morgan fingerprint density at radius 3 is 2.94 bits per heavy atom. The number of nitrogens with one attached hydrogen (secondary N) is 1. The van der Waals surface area contributed by atoms with E-state index in [1.807, 2.05) is 24.0 Å². The molecule has 1 rings (SSSR count). The Morgan fingerprint density at radius 1 is 1.41 bits per heavy atom. The lowest BCUT2D eigenvalue weighted by molar-refractivity contribution is 0.437. The molecule has 0 aliphatic carbocycles. The molecule has 0 bridgehead atoms. The second-order valence-corrected chi connectivity index (χ2v) is 5.38. The molecule has 0 radical (unpaired) electrons. The minimum atomic E-state index is 0.923. The van der Waals surface area contributed by atoms with E-state index < -0.39 is 0 Å². The highest BCUT2D eigenvalue weighted by Gasteiger charge is 2.03. The van der Waals surface area contributed by atoms with Crippen LogP contribution in [0, 0.1) is 0 Å². The van der Waals surface area contributed by atoms with Crippen molar-refractivity contribution in [2.45, 2.75) is 24.9 Å². The third-order valence-corrected chi connectivity index (χ3v) is 3.40. The van der Waals surface area contributed by atoms with E-state index in [2.05, 4.69) is 42.3 Å². The van der Waals surface area contributed by atoms with E-state index in [1.54, 1.807) is 0 Å². The molecule has 0 saturated heterocycles. The molecular weight excluding hydrogens is 230 g/mol. The number of thioether (sulfide) groups is 1. The van der Waals surface area contributed by atoms with Gasteiger partial charge in [0, 0.05) is 25.0 Å². The maximum absolute atomic E-state index is 4.46. The molecule has 0 unspecified atom stereocenters. The fourth-order valence-electron chi connectivity index (χ4n) is 1.41. The first-order chi connectivity index (χ1) is 8.24. The molecule has 1 heterocycles. The van der Waals surface area contributed by atoms with Crippen LogP contribution < -0.4 is 5.32 Å². The van der Waals surface area contributed by atoms with Crippen molar-refractivity contribution in [2.75, 3.05) is 32.9 Å². The molecule has 0 aromatic carbocycles. The molecule has 1 N–H and O–H groups in total. The molecule has 0 atom stereocenters. The normalized spacial score (nSPS) is 11.1. The van der Waals surface area contributed by atoms with E-state index in [4.69, 9.17) is 0 Å². The van der Waals surface area contributed by atoms with Crippen LogP contribution in [0.1, 0.15) is 18.9 Å². The molecule has 3 nitrogen and oxygen atoms in total. The van der Waals surface area contributed by atoms with Crippen molar-refractivity contribution in [3.8, 4) is 0 Å². The fourth-order valence-corrected chi connectivity index (χ4v) is 2.52. The van der Waals surface area contributed by atoms with E-state index in [9.17, 15) is 0 Å². The average Bonchev–Trinajstić information content (AvgIpc) is 2.31. The third-order valence-electron chi connectivity index (χ3n) is 2.37. The van der Waals surface area contributed by atoms with Crippen LogP contribution in [0.15, 0.2) is 23.4 Å². The lowest BCUT2D eigenvalue weighted by atomic mass is 10.3. The van der Waals surface area contributed by atoms with Crippen LogP contribution in [-0.2, 0) is 6.54 Å². The second kappa shape index (κ2) is 8.50. The number of hydrogen-bond donors (Lipinski definition) is 1. The van der Waals surface area contributed by atoms with Crippen molar-refractivity contribution < 1.29 is 0 Å². The quantitative estimate of drug-likeness (QED) is 0.568. The van der Waals surface area contributed by atoms with Gasteiger partial charge in [-0.2, -0.15) is 0 Å². The van der Waals surface area contributed by atoms with E-state index in [1.165, 1.54) is 12.0 Å². The summed E-state index contributed by atoms with van der Waals surface area (Å²) in [7, 11) is 4.20. The summed E-state index contributed by atoms with van der Waals surface area (Å²) >= 11 is 1.84. The highest BCUT2D eigenvalue weighted by molar-refractivity contribution is 7.99. The minimum absolute atomic E-state index is 0.923. The van der Waals surface area contributed by atoms with Crippen molar-refractivity contribution >= 4 is 11.8 Å². The number of hydrogen-bond acceptors (Lipinski definition) is 4. The smallest absolute Gasteiger partial charge is 0.100 e. The summed E-state index contributed by atoms with van der Waals surface area (Å²) in [5.74, 6) is 1.09. The molecule has 17 heavy (non-hydrogen) atoms. The summed E-state index contributed by atoms with van der Waals surface area (Å²) in [6, 6.07) is 4.17. The lowest BCUT2D eigenvalue weighted by Gasteiger charge is -2.11. The molecule has 0 amide bonds. The van der Waals surface area contributed by atoms with Crippen LogP contribution in [-0.4, -0.2) is 42.8 Å². The largest absolute Gasteiger partial charge is 0.313 e. The molecule has 0 saturated carbocycles. The van der Waals surface area contributed by atoms with Gasteiger partial charge < -0.3 is 10.2 Å². The number of rotatable bonds is 8. The standard InChI is InChI=1S/C13H23N3S/c1-4-7-14-11-12-6-5-8-15-13(12)17-10-9-16(2)3/h5-6,8,14H,4,7,9-11H2,1-3H3. The number of aromatic nitrogens is 1. The molecule has 0 fully saturated rings. The van der Waals surface area contributed by atoms with Gasteiger partial charge in [-0.15, -0.1) is 11.8 Å². The molecular formula is C13H23N3S.